The van der Waals surface area contributed by atoms with Crippen molar-refractivity contribution < 1.29 is 23.0 Å². The summed E-state index contributed by atoms with van der Waals surface area (Å²) >= 11 is 0. The number of hydrogen-bond acceptors (Lipinski definition) is 3. The predicted molar refractivity (Wildman–Crippen MR) is 60.8 cm³/mol. The van der Waals surface area contributed by atoms with E-state index in [-0.39, 0.29) is 5.75 Å². The van der Waals surface area contributed by atoms with Gasteiger partial charge in [0.15, 0.2) is 5.75 Å². The molecule has 0 spiro atoms. The molecule has 0 saturated heterocycles. The Bertz CT molecular complexity index is 649. The van der Waals surface area contributed by atoms with Crippen LogP contribution in [0, 0.1) is 0 Å². The zero-order chi connectivity index (χ0) is 14.0. The van der Waals surface area contributed by atoms with Gasteiger partial charge >= 0.3 is 6.36 Å². The van der Waals surface area contributed by atoms with E-state index in [1.165, 1.54) is 18.3 Å². The molecule has 2 N–H and O–H groups in total. The van der Waals surface area contributed by atoms with Crippen LogP contribution in [0.25, 0.3) is 11.1 Å². The Hall–Kier alpha value is -2.44. The van der Waals surface area contributed by atoms with Gasteiger partial charge in [-0.05, 0) is 23.8 Å². The zero-order valence-corrected chi connectivity index (χ0v) is 9.36. The van der Waals surface area contributed by atoms with Gasteiger partial charge in [0.2, 0.25) is 0 Å². The van der Waals surface area contributed by atoms with E-state index in [4.69, 9.17) is 0 Å². The van der Waals surface area contributed by atoms with Crippen molar-refractivity contribution in [2.24, 2.45) is 0 Å². The van der Waals surface area contributed by atoms with Gasteiger partial charge < -0.3 is 14.8 Å². The fraction of sp³-hybridized carbons (Fsp3) is 0.0833. The Kier molecular flexibility index (Phi) is 3.20. The largest absolute Gasteiger partial charge is 0.573 e. The van der Waals surface area contributed by atoms with Gasteiger partial charge in [-0.25, -0.2) is 0 Å². The number of benzene rings is 1. The van der Waals surface area contributed by atoms with Gasteiger partial charge in [0.25, 0.3) is 5.56 Å². The number of aromatic hydroxyl groups is 1. The molecule has 0 aliphatic carbocycles. The van der Waals surface area contributed by atoms with Crippen LogP contribution in [0.1, 0.15) is 0 Å². The summed E-state index contributed by atoms with van der Waals surface area (Å²) in [4.78, 5) is 13.2. The SMILES string of the molecule is O=c1[nH]cc(-c2cccc(OC(F)(F)F)c2)cc1O. The molecule has 0 bridgehead atoms. The van der Waals surface area contributed by atoms with Gasteiger partial charge in [-0.3, -0.25) is 4.79 Å². The molecule has 0 radical (unpaired) electrons. The lowest BCUT2D eigenvalue weighted by molar-refractivity contribution is -0.274. The van der Waals surface area contributed by atoms with Crippen molar-refractivity contribution in [1.29, 1.82) is 0 Å². The minimum Gasteiger partial charge on any atom is -0.503 e. The third kappa shape index (κ3) is 3.27. The quantitative estimate of drug-likeness (QED) is 0.882. The molecule has 1 aromatic heterocycles. The van der Waals surface area contributed by atoms with E-state index >= 15 is 0 Å². The maximum atomic E-state index is 12.1. The van der Waals surface area contributed by atoms with Crippen molar-refractivity contribution in [2.75, 3.05) is 0 Å². The summed E-state index contributed by atoms with van der Waals surface area (Å²) in [5, 5.41) is 9.26. The van der Waals surface area contributed by atoms with Crippen LogP contribution in [0.4, 0.5) is 13.2 Å². The van der Waals surface area contributed by atoms with Crippen LogP contribution in [-0.2, 0) is 0 Å². The second kappa shape index (κ2) is 4.68. The Morgan fingerprint density at radius 1 is 1.16 bits per heavy atom. The molecule has 1 aromatic carbocycles. The molecule has 0 amide bonds. The number of H-pyrrole nitrogens is 1. The number of halogens is 3. The monoisotopic (exact) mass is 271 g/mol. The standard InChI is InChI=1S/C12H8F3NO3/c13-12(14,15)19-9-3-1-2-7(4-9)8-5-10(17)11(18)16-6-8/h1-6,17H,(H,16,18). The van der Waals surface area contributed by atoms with Crippen LogP contribution in [0.15, 0.2) is 41.3 Å². The van der Waals surface area contributed by atoms with Crippen LogP contribution < -0.4 is 10.3 Å². The molecule has 100 valence electrons. The van der Waals surface area contributed by atoms with Crippen LogP contribution in [0.3, 0.4) is 0 Å². The molecule has 7 heteroatoms. The molecule has 0 aliphatic heterocycles. The molecule has 0 aliphatic rings. The van der Waals surface area contributed by atoms with E-state index in [1.807, 2.05) is 0 Å². The van der Waals surface area contributed by atoms with E-state index in [0.717, 1.165) is 18.2 Å². The highest BCUT2D eigenvalue weighted by Gasteiger charge is 2.31. The maximum absolute atomic E-state index is 12.1. The average molecular weight is 271 g/mol. The number of hydrogen-bond donors (Lipinski definition) is 2. The number of ether oxygens (including phenoxy) is 1. The van der Waals surface area contributed by atoms with Crippen molar-refractivity contribution in [3.05, 3.63) is 46.9 Å². The second-order valence-electron chi connectivity index (χ2n) is 3.68. The zero-order valence-electron chi connectivity index (χ0n) is 9.36. The number of pyridine rings is 1. The molecule has 2 rings (SSSR count). The van der Waals surface area contributed by atoms with E-state index in [1.54, 1.807) is 0 Å². The number of aromatic nitrogens is 1. The van der Waals surface area contributed by atoms with Crippen molar-refractivity contribution in [3.63, 3.8) is 0 Å². The fourth-order valence-electron chi connectivity index (χ4n) is 1.51. The molecule has 0 atom stereocenters. The van der Waals surface area contributed by atoms with E-state index in [9.17, 15) is 23.1 Å². The van der Waals surface area contributed by atoms with Gasteiger partial charge in [0.05, 0.1) is 0 Å². The van der Waals surface area contributed by atoms with Gasteiger partial charge in [0, 0.05) is 11.8 Å². The lowest BCUT2D eigenvalue weighted by atomic mass is 10.1. The highest BCUT2D eigenvalue weighted by Crippen LogP contribution is 2.28. The Morgan fingerprint density at radius 3 is 2.53 bits per heavy atom. The highest BCUT2D eigenvalue weighted by atomic mass is 19.4. The normalized spacial score (nSPS) is 11.3. The molecule has 0 saturated carbocycles. The molecule has 19 heavy (non-hydrogen) atoms. The first kappa shape index (κ1) is 13.0. The van der Waals surface area contributed by atoms with E-state index in [2.05, 4.69) is 9.72 Å². The average Bonchev–Trinajstić information content (AvgIpc) is 2.31. The third-order valence-electron chi connectivity index (χ3n) is 2.28. The first-order valence-electron chi connectivity index (χ1n) is 5.13. The first-order valence-corrected chi connectivity index (χ1v) is 5.13. The van der Waals surface area contributed by atoms with E-state index < -0.39 is 17.7 Å². The third-order valence-corrected chi connectivity index (χ3v) is 2.28. The van der Waals surface area contributed by atoms with E-state index in [0.29, 0.717) is 11.1 Å². The van der Waals surface area contributed by atoms with Crippen molar-refractivity contribution in [1.82, 2.24) is 4.98 Å². The van der Waals surface area contributed by atoms with Crippen LogP contribution in [0.5, 0.6) is 11.5 Å². The highest BCUT2D eigenvalue weighted by molar-refractivity contribution is 5.65. The molecule has 2 aromatic rings. The van der Waals surface area contributed by atoms with Gasteiger partial charge in [-0.1, -0.05) is 12.1 Å². The van der Waals surface area contributed by atoms with Gasteiger partial charge in [-0.2, -0.15) is 0 Å². The van der Waals surface area contributed by atoms with Crippen molar-refractivity contribution in [3.8, 4) is 22.6 Å². The topological polar surface area (TPSA) is 62.3 Å². The number of aromatic amines is 1. The Balaban J connectivity index is 2.37. The number of rotatable bonds is 2. The molecule has 0 fully saturated rings. The minimum absolute atomic E-state index is 0.365. The summed E-state index contributed by atoms with van der Waals surface area (Å²) in [6.07, 6.45) is -3.49. The number of nitrogens with one attached hydrogen (secondary N) is 1. The Labute approximate surface area is 105 Å². The molecule has 1 heterocycles. The van der Waals surface area contributed by atoms with Crippen LogP contribution >= 0.6 is 0 Å². The van der Waals surface area contributed by atoms with Gasteiger partial charge in [0.1, 0.15) is 5.75 Å². The first-order chi connectivity index (χ1) is 8.85. The second-order valence-corrected chi connectivity index (χ2v) is 3.68. The summed E-state index contributed by atoms with van der Waals surface area (Å²) in [5.74, 6) is -0.893. The molecule has 0 unspecified atom stereocenters. The lowest BCUT2D eigenvalue weighted by Gasteiger charge is -2.10. The minimum atomic E-state index is -4.77. The fourth-order valence-corrected chi connectivity index (χ4v) is 1.51. The van der Waals surface area contributed by atoms with Crippen molar-refractivity contribution in [2.45, 2.75) is 6.36 Å². The summed E-state index contributed by atoms with van der Waals surface area (Å²) in [7, 11) is 0. The van der Waals surface area contributed by atoms with Gasteiger partial charge in [-0.15, -0.1) is 13.2 Å². The summed E-state index contributed by atoms with van der Waals surface area (Å²) in [5.41, 5.74) is 0.0597. The molecular weight excluding hydrogens is 263 g/mol. The van der Waals surface area contributed by atoms with Crippen LogP contribution in [0.2, 0.25) is 0 Å². The molecular formula is C12H8F3NO3. The lowest BCUT2D eigenvalue weighted by Crippen LogP contribution is -2.17. The van der Waals surface area contributed by atoms with Crippen molar-refractivity contribution >= 4 is 0 Å². The maximum Gasteiger partial charge on any atom is 0.573 e. The van der Waals surface area contributed by atoms with Crippen LogP contribution in [-0.4, -0.2) is 16.5 Å². The Morgan fingerprint density at radius 2 is 1.89 bits per heavy atom. The molecule has 4 nitrogen and oxygen atoms in total. The summed E-state index contributed by atoms with van der Waals surface area (Å²) in [6, 6.07) is 6.36. The number of alkyl halides is 3. The summed E-state index contributed by atoms with van der Waals surface area (Å²) < 4.78 is 40.0. The smallest absolute Gasteiger partial charge is 0.503 e. The summed E-state index contributed by atoms with van der Waals surface area (Å²) in [6.45, 7) is 0. The predicted octanol–water partition coefficient (Wildman–Crippen LogP) is 2.65.